The Morgan fingerprint density at radius 1 is 1.03 bits per heavy atom. The van der Waals surface area contributed by atoms with Crippen LogP contribution in [0.3, 0.4) is 0 Å². The van der Waals surface area contributed by atoms with Crippen LogP contribution >= 0.6 is 28.3 Å². The minimum Gasteiger partial charge on any atom is -0.494 e. The third kappa shape index (κ3) is 5.98. The molecule has 0 spiro atoms. The van der Waals surface area contributed by atoms with Gasteiger partial charge >= 0.3 is 0 Å². The van der Waals surface area contributed by atoms with Gasteiger partial charge in [-0.15, -0.1) is 28.3 Å². The predicted molar refractivity (Wildman–Crippen MR) is 141 cm³/mol. The van der Waals surface area contributed by atoms with Crippen molar-refractivity contribution in [2.75, 3.05) is 32.9 Å². The first kappa shape index (κ1) is 26.6. The third-order valence-corrected chi connectivity index (χ3v) is 8.15. The molecule has 0 saturated carbocycles. The molecule has 1 fully saturated rings. The molecule has 184 valence electrons. The Kier molecular flexibility index (Phi) is 9.49. The molecule has 1 saturated heterocycles. The Morgan fingerprint density at radius 3 is 2.32 bits per heavy atom. The molecule has 2 aromatic carbocycles. The van der Waals surface area contributed by atoms with Gasteiger partial charge in [0, 0.05) is 25.0 Å². The molecule has 0 unspecified atom stereocenters. The van der Waals surface area contributed by atoms with Crippen molar-refractivity contribution in [3.63, 3.8) is 0 Å². The van der Waals surface area contributed by atoms with E-state index < -0.39 is 10.0 Å². The maximum atomic E-state index is 12.9. The second-order valence-corrected chi connectivity index (χ2v) is 10.4. The molecule has 0 radical (unpaired) electrons. The molecule has 0 amide bonds. The zero-order valence-electron chi connectivity index (χ0n) is 19.3. The van der Waals surface area contributed by atoms with Crippen LogP contribution in [0.4, 0.5) is 5.69 Å². The lowest BCUT2D eigenvalue weighted by Gasteiger charge is -2.26. The van der Waals surface area contributed by atoms with E-state index in [2.05, 4.69) is 16.9 Å². The van der Waals surface area contributed by atoms with Crippen LogP contribution in [0.15, 0.2) is 63.8 Å². The van der Waals surface area contributed by atoms with Crippen LogP contribution in [-0.2, 0) is 21.3 Å². The van der Waals surface area contributed by atoms with Crippen LogP contribution in [0.25, 0.3) is 11.3 Å². The molecular formula is C24H30BrN3O4S2. The number of hydrogen-bond acceptors (Lipinski definition) is 6. The van der Waals surface area contributed by atoms with E-state index in [0.29, 0.717) is 37.8 Å². The molecule has 0 atom stereocenters. The highest BCUT2D eigenvalue weighted by Gasteiger charge is 2.26. The fraction of sp³-hybridized carbons (Fsp3) is 0.375. The number of rotatable bonds is 8. The Bertz CT molecular complexity index is 1230. The summed E-state index contributed by atoms with van der Waals surface area (Å²) < 4.78 is 40.3. The van der Waals surface area contributed by atoms with Gasteiger partial charge in [-0.25, -0.2) is 13.4 Å². The van der Waals surface area contributed by atoms with E-state index in [1.165, 1.54) is 4.31 Å². The zero-order valence-corrected chi connectivity index (χ0v) is 22.7. The Morgan fingerprint density at radius 2 is 1.71 bits per heavy atom. The van der Waals surface area contributed by atoms with Crippen LogP contribution in [0.1, 0.15) is 20.3 Å². The summed E-state index contributed by atoms with van der Waals surface area (Å²) in [6, 6.07) is 14.9. The summed E-state index contributed by atoms with van der Waals surface area (Å²) >= 11 is 1.58. The van der Waals surface area contributed by atoms with Crippen LogP contribution in [0, 0.1) is 0 Å². The van der Waals surface area contributed by atoms with Crippen molar-refractivity contribution in [1.82, 2.24) is 8.87 Å². The van der Waals surface area contributed by atoms with Crippen LogP contribution in [-0.4, -0.2) is 50.2 Å². The molecule has 1 aromatic heterocycles. The first-order chi connectivity index (χ1) is 16.0. The summed E-state index contributed by atoms with van der Waals surface area (Å²) in [5, 5.41) is 2.08. The van der Waals surface area contributed by atoms with Gasteiger partial charge in [0.1, 0.15) is 5.75 Å². The highest BCUT2D eigenvalue weighted by Crippen LogP contribution is 2.25. The lowest BCUT2D eigenvalue weighted by molar-refractivity contribution is 0.0730. The minimum absolute atomic E-state index is 0. The van der Waals surface area contributed by atoms with Gasteiger partial charge in [0.2, 0.25) is 10.0 Å². The number of hydrogen-bond donors (Lipinski definition) is 0. The van der Waals surface area contributed by atoms with Crippen molar-refractivity contribution in [2.45, 2.75) is 31.7 Å². The number of benzene rings is 2. The van der Waals surface area contributed by atoms with E-state index in [4.69, 9.17) is 14.5 Å². The minimum atomic E-state index is -3.50. The molecule has 1 aliphatic rings. The van der Waals surface area contributed by atoms with Crippen LogP contribution in [0.2, 0.25) is 0 Å². The predicted octanol–water partition coefficient (Wildman–Crippen LogP) is 4.86. The third-order valence-electron chi connectivity index (χ3n) is 5.38. The van der Waals surface area contributed by atoms with E-state index in [-0.39, 0.29) is 17.0 Å². The molecule has 10 heteroatoms. The molecular weight excluding hydrogens is 538 g/mol. The van der Waals surface area contributed by atoms with Gasteiger partial charge in [-0.2, -0.15) is 4.31 Å². The van der Waals surface area contributed by atoms with Crippen molar-refractivity contribution in [3.8, 4) is 17.0 Å². The maximum absolute atomic E-state index is 12.9. The van der Waals surface area contributed by atoms with Gasteiger partial charge in [-0.3, -0.25) is 0 Å². The van der Waals surface area contributed by atoms with Crippen LogP contribution < -0.4 is 9.54 Å². The van der Waals surface area contributed by atoms with Gasteiger partial charge in [0.05, 0.1) is 36.1 Å². The Hall–Kier alpha value is -1.98. The standard InChI is InChI=1S/C24H29N3O4S2.BrH/c1-3-13-27-23(18-32-24(27)25-20-7-9-21(10-8-20)31-4-2)19-5-11-22(12-6-19)33(28,29)26-14-16-30-17-15-26;/h5-12,18H,3-4,13-17H2,1-2H3;1H. The van der Waals surface area contributed by atoms with Crippen molar-refractivity contribution in [2.24, 2.45) is 4.99 Å². The molecule has 4 rings (SSSR count). The maximum Gasteiger partial charge on any atom is 0.243 e. The summed E-state index contributed by atoms with van der Waals surface area (Å²) in [5.41, 5.74) is 2.86. The van der Waals surface area contributed by atoms with Crippen LogP contribution in [0.5, 0.6) is 5.75 Å². The second-order valence-electron chi connectivity index (χ2n) is 7.63. The van der Waals surface area contributed by atoms with Gasteiger partial charge in [-0.1, -0.05) is 19.1 Å². The van der Waals surface area contributed by atoms with Gasteiger partial charge < -0.3 is 14.0 Å². The quantitative estimate of drug-likeness (QED) is 0.389. The van der Waals surface area contributed by atoms with Gasteiger partial charge in [0.15, 0.2) is 4.80 Å². The molecule has 0 bridgehead atoms. The number of ether oxygens (including phenoxy) is 2. The summed E-state index contributed by atoms with van der Waals surface area (Å²) in [6.45, 7) is 7.20. The van der Waals surface area contributed by atoms with Crippen molar-refractivity contribution < 1.29 is 17.9 Å². The zero-order chi connectivity index (χ0) is 23.3. The van der Waals surface area contributed by atoms with E-state index in [0.717, 1.165) is 40.5 Å². The first-order valence-electron chi connectivity index (χ1n) is 11.2. The van der Waals surface area contributed by atoms with Crippen molar-refractivity contribution in [1.29, 1.82) is 0 Å². The van der Waals surface area contributed by atoms with Gasteiger partial charge in [-0.05, 0) is 55.3 Å². The van der Waals surface area contributed by atoms with Crippen molar-refractivity contribution >= 4 is 44.0 Å². The summed E-state index contributed by atoms with van der Waals surface area (Å²) in [7, 11) is -3.50. The molecule has 34 heavy (non-hydrogen) atoms. The number of halogens is 1. The monoisotopic (exact) mass is 567 g/mol. The van der Waals surface area contributed by atoms with E-state index >= 15 is 0 Å². The smallest absolute Gasteiger partial charge is 0.243 e. The topological polar surface area (TPSA) is 73.1 Å². The lowest BCUT2D eigenvalue weighted by atomic mass is 10.2. The van der Waals surface area contributed by atoms with E-state index in [1.54, 1.807) is 23.5 Å². The summed E-state index contributed by atoms with van der Waals surface area (Å²) in [5.74, 6) is 0.830. The second kappa shape index (κ2) is 12.1. The Balaban J connectivity index is 0.00000324. The van der Waals surface area contributed by atoms with E-state index in [1.807, 2.05) is 43.3 Å². The van der Waals surface area contributed by atoms with E-state index in [9.17, 15) is 8.42 Å². The number of aromatic nitrogens is 1. The van der Waals surface area contributed by atoms with Crippen molar-refractivity contribution in [3.05, 3.63) is 58.7 Å². The lowest BCUT2D eigenvalue weighted by Crippen LogP contribution is -2.40. The number of morpholine rings is 1. The molecule has 2 heterocycles. The first-order valence-corrected chi connectivity index (χ1v) is 13.5. The highest BCUT2D eigenvalue weighted by molar-refractivity contribution is 8.93. The molecule has 0 aliphatic carbocycles. The fourth-order valence-electron chi connectivity index (χ4n) is 3.72. The largest absolute Gasteiger partial charge is 0.494 e. The molecule has 7 nitrogen and oxygen atoms in total. The summed E-state index contributed by atoms with van der Waals surface area (Å²) in [4.78, 5) is 6.05. The number of nitrogens with zero attached hydrogens (tertiary/aromatic N) is 3. The normalized spacial score (nSPS) is 15.2. The molecule has 0 N–H and O–H groups in total. The number of sulfonamides is 1. The molecule has 3 aromatic rings. The summed E-state index contributed by atoms with van der Waals surface area (Å²) in [6.07, 6.45) is 0.962. The average molecular weight is 569 g/mol. The Labute approximate surface area is 215 Å². The molecule has 1 aliphatic heterocycles. The fourth-order valence-corrected chi connectivity index (χ4v) is 6.08. The number of thiazole rings is 1. The highest BCUT2D eigenvalue weighted by atomic mass is 79.9. The average Bonchev–Trinajstić information content (AvgIpc) is 3.23. The SMILES string of the molecule is Br.CCCn1c(-c2ccc(S(=O)(=O)N3CCOCC3)cc2)csc1=Nc1ccc(OCC)cc1. The van der Waals surface area contributed by atoms with Gasteiger partial charge in [0.25, 0.3) is 0 Å².